The Morgan fingerprint density at radius 1 is 0.667 bits per heavy atom. The minimum absolute atomic E-state index is 0.179. The molecule has 0 aliphatic heterocycles. The molecule has 2 rings (SSSR count). The third kappa shape index (κ3) is 14.1. The van der Waals surface area contributed by atoms with E-state index in [9.17, 15) is 9.36 Å². The molecule has 0 amide bonds. The van der Waals surface area contributed by atoms with Gasteiger partial charge in [0.2, 0.25) is 0 Å². The van der Waals surface area contributed by atoms with Gasteiger partial charge in [0.15, 0.2) is 0 Å². The van der Waals surface area contributed by atoms with Crippen molar-refractivity contribution in [2.45, 2.75) is 96.8 Å². The fourth-order valence-corrected chi connectivity index (χ4v) is 5.00. The van der Waals surface area contributed by atoms with Gasteiger partial charge in [0.05, 0.1) is 0 Å². The van der Waals surface area contributed by atoms with Gasteiger partial charge in [-0.05, 0) is 56.4 Å². The molecule has 0 heterocycles. The van der Waals surface area contributed by atoms with E-state index >= 15 is 0 Å². The first-order chi connectivity index (χ1) is 17.6. The molecular weight excluding hydrogens is 471 g/mol. The smallest absolute Gasteiger partial charge is 0.386 e. The van der Waals surface area contributed by atoms with Crippen molar-refractivity contribution in [1.29, 1.82) is 0 Å². The van der Waals surface area contributed by atoms with Crippen LogP contribution >= 0.6 is 7.82 Å². The molecule has 0 fully saturated rings. The summed E-state index contributed by atoms with van der Waals surface area (Å²) in [7, 11) is -4.17. The minimum Gasteiger partial charge on any atom is -0.386 e. The standard InChI is InChI=1S/C30H43O5P/c1-2-3-4-5-6-7-8-9-10-11-12-13-14-15-22-27-30(31)35-36(32,33-28-23-18-16-19-24-28)34-29-25-20-17-21-26-29/h9-10,16-21,23-26H,2-8,11-15,22,27H2,1H3. The van der Waals surface area contributed by atoms with Crippen molar-refractivity contribution < 1.29 is 22.9 Å². The number of phosphoric ester groups is 1. The number of hydrogen-bond acceptors (Lipinski definition) is 5. The van der Waals surface area contributed by atoms with E-state index in [1.54, 1.807) is 48.5 Å². The number of allylic oxidation sites excluding steroid dienone is 2. The van der Waals surface area contributed by atoms with Gasteiger partial charge in [-0.1, -0.05) is 107 Å². The molecule has 2 aromatic carbocycles. The molecule has 0 aliphatic rings. The molecule has 0 unspecified atom stereocenters. The summed E-state index contributed by atoms with van der Waals surface area (Å²) in [6, 6.07) is 17.2. The average molecular weight is 515 g/mol. The average Bonchev–Trinajstić information content (AvgIpc) is 2.87. The lowest BCUT2D eigenvalue weighted by Crippen LogP contribution is -2.10. The number of para-hydroxylation sites is 2. The van der Waals surface area contributed by atoms with Gasteiger partial charge in [0.1, 0.15) is 11.5 Å². The highest BCUT2D eigenvalue weighted by Gasteiger charge is 2.35. The molecule has 0 radical (unpaired) electrons. The Bertz CT molecular complexity index is 853. The molecule has 2 aromatic rings. The van der Waals surface area contributed by atoms with Gasteiger partial charge in [-0.15, -0.1) is 0 Å². The molecular formula is C30H43O5P. The number of phosphoric acid groups is 1. The third-order valence-electron chi connectivity index (χ3n) is 5.78. The van der Waals surface area contributed by atoms with Gasteiger partial charge in [0, 0.05) is 6.42 Å². The lowest BCUT2D eigenvalue weighted by atomic mass is 10.1. The molecule has 6 heteroatoms. The SMILES string of the molecule is CCCCCCCCC=CCCCCCCCC(=O)OP(=O)(Oc1ccccc1)Oc1ccccc1. The van der Waals surface area contributed by atoms with E-state index in [4.69, 9.17) is 13.6 Å². The molecule has 0 saturated heterocycles. The van der Waals surface area contributed by atoms with Crippen LogP contribution in [0, 0.1) is 0 Å². The van der Waals surface area contributed by atoms with Crippen molar-refractivity contribution in [3.63, 3.8) is 0 Å². The number of unbranched alkanes of at least 4 members (excludes halogenated alkanes) is 11. The number of rotatable bonds is 20. The summed E-state index contributed by atoms with van der Waals surface area (Å²) in [5, 5.41) is 0. The topological polar surface area (TPSA) is 61.8 Å². The van der Waals surface area contributed by atoms with Gasteiger partial charge in [-0.3, -0.25) is 4.79 Å². The van der Waals surface area contributed by atoms with E-state index in [2.05, 4.69) is 19.1 Å². The highest BCUT2D eigenvalue weighted by Crippen LogP contribution is 2.50. The first-order valence-corrected chi connectivity index (χ1v) is 15.0. The zero-order valence-corrected chi connectivity index (χ0v) is 22.7. The van der Waals surface area contributed by atoms with Gasteiger partial charge in [0.25, 0.3) is 0 Å². The molecule has 0 atom stereocenters. The van der Waals surface area contributed by atoms with Crippen LogP contribution in [-0.4, -0.2) is 5.97 Å². The van der Waals surface area contributed by atoms with Crippen LogP contribution in [0.15, 0.2) is 72.8 Å². The normalized spacial score (nSPS) is 11.5. The van der Waals surface area contributed by atoms with E-state index in [-0.39, 0.29) is 6.42 Å². The number of carbonyl (C=O) groups is 1. The maximum atomic E-state index is 13.2. The van der Waals surface area contributed by atoms with Gasteiger partial charge < -0.3 is 13.6 Å². The molecule has 0 aromatic heterocycles. The summed E-state index contributed by atoms with van der Waals surface area (Å²) in [5.41, 5.74) is 0. The van der Waals surface area contributed by atoms with Crippen LogP contribution in [0.5, 0.6) is 11.5 Å². The van der Waals surface area contributed by atoms with Gasteiger partial charge in [-0.25, -0.2) is 0 Å². The van der Waals surface area contributed by atoms with Crippen molar-refractivity contribution >= 4 is 13.8 Å². The summed E-state index contributed by atoms with van der Waals surface area (Å²) in [4.78, 5) is 12.4. The summed E-state index contributed by atoms with van der Waals surface area (Å²) >= 11 is 0. The Hall–Kier alpha value is -2.52. The van der Waals surface area contributed by atoms with Crippen molar-refractivity contribution in [2.24, 2.45) is 0 Å². The fraction of sp³-hybridized carbons (Fsp3) is 0.500. The van der Waals surface area contributed by atoms with Crippen LogP contribution in [0.3, 0.4) is 0 Å². The number of carbonyl (C=O) groups excluding carboxylic acids is 1. The van der Waals surface area contributed by atoms with E-state index < -0.39 is 13.8 Å². The lowest BCUT2D eigenvalue weighted by molar-refractivity contribution is -0.135. The molecule has 198 valence electrons. The first-order valence-electron chi connectivity index (χ1n) is 13.6. The second-order valence-corrected chi connectivity index (χ2v) is 10.5. The second-order valence-electron chi connectivity index (χ2n) is 9.05. The molecule has 0 bridgehead atoms. The van der Waals surface area contributed by atoms with Crippen molar-refractivity contribution in [3.8, 4) is 11.5 Å². The number of hydrogen-bond donors (Lipinski definition) is 0. The van der Waals surface area contributed by atoms with Gasteiger partial charge in [-0.2, -0.15) is 4.57 Å². The van der Waals surface area contributed by atoms with E-state index in [1.165, 1.54) is 51.4 Å². The quantitative estimate of drug-likeness (QED) is 0.0999. The highest BCUT2D eigenvalue weighted by atomic mass is 31.2. The summed E-state index contributed by atoms with van der Waals surface area (Å²) in [6.07, 6.45) is 20.2. The summed E-state index contributed by atoms with van der Waals surface area (Å²) in [6.45, 7) is 2.25. The third-order valence-corrected chi connectivity index (χ3v) is 7.07. The molecule has 0 spiro atoms. The van der Waals surface area contributed by atoms with Crippen molar-refractivity contribution in [3.05, 3.63) is 72.8 Å². The van der Waals surface area contributed by atoms with Crippen LogP contribution in [0.2, 0.25) is 0 Å². The van der Waals surface area contributed by atoms with Crippen molar-refractivity contribution in [1.82, 2.24) is 0 Å². The molecule has 36 heavy (non-hydrogen) atoms. The Morgan fingerprint density at radius 2 is 1.11 bits per heavy atom. The predicted molar refractivity (Wildman–Crippen MR) is 147 cm³/mol. The van der Waals surface area contributed by atoms with Crippen LogP contribution in [0.1, 0.15) is 96.8 Å². The van der Waals surface area contributed by atoms with E-state index in [1.807, 2.05) is 12.1 Å². The molecule has 0 N–H and O–H groups in total. The monoisotopic (exact) mass is 514 g/mol. The Labute approximate surface area is 217 Å². The Balaban J connectivity index is 1.61. The Kier molecular flexibility index (Phi) is 15.4. The first kappa shape index (κ1) is 29.7. The number of benzene rings is 2. The lowest BCUT2D eigenvalue weighted by Gasteiger charge is -2.18. The van der Waals surface area contributed by atoms with Gasteiger partial charge >= 0.3 is 13.8 Å². The van der Waals surface area contributed by atoms with Crippen LogP contribution in [0.4, 0.5) is 0 Å². The molecule has 0 saturated carbocycles. The Morgan fingerprint density at radius 3 is 1.61 bits per heavy atom. The zero-order valence-electron chi connectivity index (χ0n) is 21.8. The molecule has 0 aliphatic carbocycles. The maximum Gasteiger partial charge on any atom is 0.649 e. The minimum atomic E-state index is -4.17. The zero-order chi connectivity index (χ0) is 25.7. The maximum absolute atomic E-state index is 13.2. The molecule has 5 nitrogen and oxygen atoms in total. The van der Waals surface area contributed by atoms with E-state index in [0.29, 0.717) is 17.9 Å². The van der Waals surface area contributed by atoms with Crippen LogP contribution in [-0.2, 0) is 13.9 Å². The van der Waals surface area contributed by atoms with Crippen LogP contribution < -0.4 is 9.05 Å². The highest BCUT2D eigenvalue weighted by molar-refractivity contribution is 7.50. The van der Waals surface area contributed by atoms with Crippen molar-refractivity contribution in [2.75, 3.05) is 0 Å². The fourth-order valence-electron chi connectivity index (χ4n) is 3.79. The largest absolute Gasteiger partial charge is 0.649 e. The summed E-state index contributed by atoms with van der Waals surface area (Å²) in [5.74, 6) is 0.0407. The second kappa shape index (κ2) is 18.7. The predicted octanol–water partition coefficient (Wildman–Crippen LogP) is 9.83. The van der Waals surface area contributed by atoms with E-state index in [0.717, 1.165) is 25.7 Å². The summed E-state index contributed by atoms with van der Waals surface area (Å²) < 4.78 is 29.4. The van der Waals surface area contributed by atoms with Crippen LogP contribution in [0.25, 0.3) is 0 Å².